The molecule has 1 heterocycles. The first kappa shape index (κ1) is 22.0. The first-order valence-electron chi connectivity index (χ1n) is 8.54. The number of hydrogen-bond donors (Lipinski definition) is 3. The molecule has 0 spiro atoms. The van der Waals surface area contributed by atoms with Crippen LogP contribution in [0.1, 0.15) is 22.5 Å². The standard InChI is InChI=1S/C18H23N3O5S2/c1-27-12-9-15(21-18(23)16-3-2-11-26-16)17(22)20-10-8-13-4-6-14(7-5-13)28(19,24)25/h2-7,11,15H,8-10,12H2,1H3,(H,20,22)(H,21,23)(H2,19,24,25). The summed E-state index contributed by atoms with van der Waals surface area (Å²) in [5, 5.41) is 10.6. The molecule has 1 aromatic carbocycles. The highest BCUT2D eigenvalue weighted by Gasteiger charge is 2.21. The second-order valence-corrected chi connectivity index (χ2v) is 8.56. The molecule has 0 radical (unpaired) electrons. The highest BCUT2D eigenvalue weighted by Crippen LogP contribution is 2.09. The summed E-state index contributed by atoms with van der Waals surface area (Å²) in [5.41, 5.74) is 0.855. The lowest BCUT2D eigenvalue weighted by Crippen LogP contribution is -2.47. The van der Waals surface area contributed by atoms with E-state index in [-0.39, 0.29) is 16.6 Å². The van der Waals surface area contributed by atoms with Crippen molar-refractivity contribution in [3.05, 3.63) is 54.0 Å². The Labute approximate surface area is 168 Å². The normalized spacial score (nSPS) is 12.4. The average molecular weight is 426 g/mol. The Kier molecular flexibility index (Phi) is 8.09. The molecule has 28 heavy (non-hydrogen) atoms. The Morgan fingerprint density at radius 1 is 1.21 bits per heavy atom. The van der Waals surface area contributed by atoms with Crippen LogP contribution in [0, 0.1) is 0 Å². The minimum absolute atomic E-state index is 0.0399. The van der Waals surface area contributed by atoms with Gasteiger partial charge in [-0.3, -0.25) is 9.59 Å². The van der Waals surface area contributed by atoms with Gasteiger partial charge in [0.25, 0.3) is 5.91 Å². The van der Waals surface area contributed by atoms with Gasteiger partial charge in [-0.05, 0) is 54.7 Å². The summed E-state index contributed by atoms with van der Waals surface area (Å²) in [4.78, 5) is 24.6. The summed E-state index contributed by atoms with van der Waals surface area (Å²) < 4.78 is 27.6. The number of hydrogen-bond acceptors (Lipinski definition) is 6. The van der Waals surface area contributed by atoms with E-state index in [2.05, 4.69) is 10.6 Å². The molecule has 0 fully saturated rings. The monoisotopic (exact) mass is 425 g/mol. The van der Waals surface area contributed by atoms with Crippen molar-refractivity contribution < 1.29 is 22.4 Å². The third-order valence-corrected chi connectivity index (χ3v) is 5.52. The van der Waals surface area contributed by atoms with Crippen molar-refractivity contribution in [3.8, 4) is 0 Å². The van der Waals surface area contributed by atoms with E-state index in [1.165, 1.54) is 24.5 Å². The van der Waals surface area contributed by atoms with Crippen molar-refractivity contribution in [2.75, 3.05) is 18.6 Å². The van der Waals surface area contributed by atoms with Crippen LogP contribution in [0.3, 0.4) is 0 Å². The van der Waals surface area contributed by atoms with Gasteiger partial charge in [0.15, 0.2) is 5.76 Å². The largest absolute Gasteiger partial charge is 0.459 e. The summed E-state index contributed by atoms with van der Waals surface area (Å²) in [5.74, 6) is 0.141. The van der Waals surface area contributed by atoms with Crippen molar-refractivity contribution in [2.45, 2.75) is 23.8 Å². The van der Waals surface area contributed by atoms with Crippen LogP contribution < -0.4 is 15.8 Å². The van der Waals surface area contributed by atoms with Crippen LogP contribution >= 0.6 is 11.8 Å². The minimum Gasteiger partial charge on any atom is -0.459 e. The predicted octanol–water partition coefficient (Wildman–Crippen LogP) is 1.14. The molecule has 0 saturated heterocycles. The Balaban J connectivity index is 1.89. The van der Waals surface area contributed by atoms with Crippen LogP contribution in [-0.4, -0.2) is 44.8 Å². The van der Waals surface area contributed by atoms with Crippen molar-refractivity contribution in [3.63, 3.8) is 0 Å². The van der Waals surface area contributed by atoms with Gasteiger partial charge in [-0.15, -0.1) is 0 Å². The van der Waals surface area contributed by atoms with E-state index in [1.54, 1.807) is 30.0 Å². The number of thioether (sulfide) groups is 1. The minimum atomic E-state index is -3.72. The van der Waals surface area contributed by atoms with Gasteiger partial charge in [-0.2, -0.15) is 11.8 Å². The number of primary sulfonamides is 1. The quantitative estimate of drug-likeness (QED) is 0.523. The number of carbonyl (C=O) groups is 2. The number of sulfonamides is 1. The molecule has 152 valence electrons. The molecule has 1 unspecified atom stereocenters. The van der Waals surface area contributed by atoms with E-state index >= 15 is 0 Å². The third kappa shape index (κ3) is 6.70. The Morgan fingerprint density at radius 3 is 2.50 bits per heavy atom. The molecule has 0 aliphatic heterocycles. The molecule has 0 saturated carbocycles. The molecule has 10 heteroatoms. The number of furan rings is 1. The van der Waals surface area contributed by atoms with Crippen LogP contribution in [-0.2, 0) is 21.2 Å². The van der Waals surface area contributed by atoms with E-state index in [1.807, 2.05) is 6.26 Å². The zero-order valence-electron chi connectivity index (χ0n) is 15.4. The molecule has 0 bridgehead atoms. The zero-order valence-corrected chi connectivity index (χ0v) is 17.0. The van der Waals surface area contributed by atoms with Crippen LogP contribution in [0.25, 0.3) is 0 Å². The lowest BCUT2D eigenvalue weighted by molar-refractivity contribution is -0.123. The second-order valence-electron chi connectivity index (χ2n) is 6.01. The fraction of sp³-hybridized carbons (Fsp3) is 0.333. The number of benzene rings is 1. The van der Waals surface area contributed by atoms with E-state index in [4.69, 9.17) is 9.56 Å². The van der Waals surface area contributed by atoms with Crippen molar-refractivity contribution in [1.82, 2.24) is 10.6 Å². The molecule has 1 atom stereocenters. The lowest BCUT2D eigenvalue weighted by atomic mass is 10.1. The zero-order chi connectivity index (χ0) is 20.6. The Hall–Kier alpha value is -2.30. The highest BCUT2D eigenvalue weighted by atomic mass is 32.2. The second kappa shape index (κ2) is 10.3. The lowest BCUT2D eigenvalue weighted by Gasteiger charge is -2.17. The van der Waals surface area contributed by atoms with E-state index in [0.29, 0.717) is 25.1 Å². The molecule has 4 N–H and O–H groups in total. The molecule has 8 nitrogen and oxygen atoms in total. The number of nitrogens with one attached hydrogen (secondary N) is 2. The van der Waals surface area contributed by atoms with Gasteiger partial charge in [0.2, 0.25) is 15.9 Å². The van der Waals surface area contributed by atoms with Gasteiger partial charge in [0, 0.05) is 6.54 Å². The van der Waals surface area contributed by atoms with E-state index in [9.17, 15) is 18.0 Å². The summed E-state index contributed by atoms with van der Waals surface area (Å²) >= 11 is 1.58. The fourth-order valence-corrected chi connectivity index (χ4v) is 3.43. The van der Waals surface area contributed by atoms with Gasteiger partial charge in [-0.1, -0.05) is 12.1 Å². The topological polar surface area (TPSA) is 132 Å². The number of nitrogens with two attached hydrogens (primary N) is 1. The molecule has 2 aromatic rings. The van der Waals surface area contributed by atoms with Crippen molar-refractivity contribution >= 4 is 33.6 Å². The van der Waals surface area contributed by atoms with Crippen LogP contribution in [0.5, 0.6) is 0 Å². The molecule has 0 aliphatic rings. The molecular formula is C18H23N3O5S2. The summed E-state index contributed by atoms with van der Waals surface area (Å²) in [6.07, 6.45) is 4.32. The summed E-state index contributed by atoms with van der Waals surface area (Å²) in [7, 11) is -3.72. The van der Waals surface area contributed by atoms with Gasteiger partial charge in [0.1, 0.15) is 6.04 Å². The Morgan fingerprint density at radius 2 is 1.93 bits per heavy atom. The van der Waals surface area contributed by atoms with Gasteiger partial charge < -0.3 is 15.1 Å². The smallest absolute Gasteiger partial charge is 0.287 e. The first-order chi connectivity index (χ1) is 13.3. The maximum Gasteiger partial charge on any atom is 0.287 e. The SMILES string of the molecule is CSCCC(NC(=O)c1ccco1)C(=O)NCCc1ccc(S(N)(=O)=O)cc1. The maximum absolute atomic E-state index is 12.5. The fourth-order valence-electron chi connectivity index (χ4n) is 2.44. The van der Waals surface area contributed by atoms with Gasteiger partial charge >= 0.3 is 0 Å². The highest BCUT2D eigenvalue weighted by molar-refractivity contribution is 7.98. The van der Waals surface area contributed by atoms with Crippen LogP contribution in [0.4, 0.5) is 0 Å². The van der Waals surface area contributed by atoms with Crippen LogP contribution in [0.2, 0.25) is 0 Å². The van der Waals surface area contributed by atoms with Crippen molar-refractivity contribution in [2.24, 2.45) is 5.14 Å². The number of carbonyl (C=O) groups excluding carboxylic acids is 2. The molecule has 2 amide bonds. The van der Waals surface area contributed by atoms with Crippen LogP contribution in [0.15, 0.2) is 52.0 Å². The first-order valence-corrected chi connectivity index (χ1v) is 11.5. The third-order valence-electron chi connectivity index (χ3n) is 3.94. The molecular weight excluding hydrogens is 402 g/mol. The summed E-state index contributed by atoms with van der Waals surface area (Å²) in [6, 6.07) is 8.62. The molecule has 1 aromatic heterocycles. The summed E-state index contributed by atoms with van der Waals surface area (Å²) in [6.45, 7) is 0.347. The molecule has 0 aliphatic carbocycles. The van der Waals surface area contributed by atoms with E-state index in [0.717, 1.165) is 5.56 Å². The number of amides is 2. The van der Waals surface area contributed by atoms with Gasteiger partial charge in [0.05, 0.1) is 11.2 Å². The number of rotatable bonds is 10. The molecule has 2 rings (SSSR count). The predicted molar refractivity (Wildman–Crippen MR) is 107 cm³/mol. The Bertz CT molecular complexity index is 880. The maximum atomic E-state index is 12.5. The van der Waals surface area contributed by atoms with Gasteiger partial charge in [-0.25, -0.2) is 13.6 Å². The van der Waals surface area contributed by atoms with Crippen molar-refractivity contribution in [1.29, 1.82) is 0 Å². The average Bonchev–Trinajstić information content (AvgIpc) is 3.19. The van der Waals surface area contributed by atoms with E-state index < -0.39 is 22.0 Å².